The number of fused-ring (bicyclic) bond motifs is 1. The van der Waals surface area contributed by atoms with Crippen molar-refractivity contribution in [2.75, 3.05) is 31.2 Å². The lowest BCUT2D eigenvalue weighted by atomic mass is 9.71. The number of ether oxygens (including phenoxy) is 2. The summed E-state index contributed by atoms with van der Waals surface area (Å²) in [7, 11) is 0. The Bertz CT molecular complexity index is 1460. The molecule has 2 aromatic carbocycles. The zero-order valence-electron chi connectivity index (χ0n) is 22.8. The Morgan fingerprint density at radius 2 is 1.72 bits per heavy atom. The summed E-state index contributed by atoms with van der Waals surface area (Å²) in [5.74, 6) is 1.74. The van der Waals surface area contributed by atoms with E-state index < -0.39 is 11.1 Å². The summed E-state index contributed by atoms with van der Waals surface area (Å²) < 4.78 is 13.3. The molecule has 8 nitrogen and oxygen atoms in total. The summed E-state index contributed by atoms with van der Waals surface area (Å²) in [4.78, 5) is 24.6. The van der Waals surface area contributed by atoms with E-state index >= 15 is 0 Å². The molecule has 39 heavy (non-hydrogen) atoms. The number of carbonyl (C=O) groups is 1. The van der Waals surface area contributed by atoms with Gasteiger partial charge in [0.15, 0.2) is 0 Å². The number of rotatable bonds is 5. The third-order valence-corrected chi connectivity index (χ3v) is 7.55. The van der Waals surface area contributed by atoms with E-state index in [0.717, 1.165) is 66.1 Å². The highest BCUT2D eigenvalue weighted by molar-refractivity contribution is 5.90. The van der Waals surface area contributed by atoms with Gasteiger partial charge in [0, 0.05) is 36.6 Å². The Kier molecular flexibility index (Phi) is 6.51. The maximum atomic E-state index is 12.7. The Labute approximate surface area is 229 Å². The highest BCUT2D eigenvalue weighted by Gasteiger charge is 2.41. The minimum absolute atomic E-state index is 0.376. The number of hydrogen-bond acceptors (Lipinski definition) is 6. The van der Waals surface area contributed by atoms with E-state index in [2.05, 4.69) is 68.1 Å². The fourth-order valence-electron chi connectivity index (χ4n) is 5.55. The molecule has 1 aliphatic carbocycles. The van der Waals surface area contributed by atoms with E-state index in [1.165, 1.54) is 0 Å². The van der Waals surface area contributed by atoms with E-state index in [1.54, 1.807) is 6.20 Å². The Morgan fingerprint density at radius 3 is 2.36 bits per heavy atom. The molecule has 0 spiro atoms. The number of nitrogens with zero attached hydrogens (tertiary/aromatic N) is 4. The minimum atomic E-state index is -0.540. The summed E-state index contributed by atoms with van der Waals surface area (Å²) in [6.45, 7) is 8.62. The zero-order valence-corrected chi connectivity index (χ0v) is 22.8. The first-order valence-corrected chi connectivity index (χ1v) is 13.7. The SMILES string of the molecule is CC(C)(C)OC(=O)NC1(c2ccc(-c3nc4nccn4c(N4CCOCC4)c3-c3ccccc3)cc2)CCC1. The van der Waals surface area contributed by atoms with Crippen LogP contribution in [0.1, 0.15) is 45.6 Å². The topological polar surface area (TPSA) is 81.0 Å². The van der Waals surface area contributed by atoms with Crippen molar-refractivity contribution in [3.63, 3.8) is 0 Å². The predicted octanol–water partition coefficient (Wildman–Crippen LogP) is 5.80. The molecule has 1 N–H and O–H groups in total. The van der Waals surface area contributed by atoms with E-state index in [4.69, 9.17) is 14.5 Å². The van der Waals surface area contributed by atoms with Crippen LogP contribution in [0.5, 0.6) is 0 Å². The predicted molar refractivity (Wildman–Crippen MR) is 152 cm³/mol. The van der Waals surface area contributed by atoms with Gasteiger partial charge in [-0.1, -0.05) is 54.6 Å². The highest BCUT2D eigenvalue weighted by atomic mass is 16.6. The van der Waals surface area contributed by atoms with Gasteiger partial charge < -0.3 is 19.7 Å². The fourth-order valence-corrected chi connectivity index (χ4v) is 5.55. The summed E-state index contributed by atoms with van der Waals surface area (Å²) in [6, 6.07) is 18.9. The molecule has 6 rings (SSSR count). The molecular weight excluding hydrogens is 490 g/mol. The molecule has 0 radical (unpaired) electrons. The first kappa shape index (κ1) is 25.4. The Morgan fingerprint density at radius 1 is 1.00 bits per heavy atom. The van der Waals surface area contributed by atoms with E-state index in [-0.39, 0.29) is 6.09 Å². The highest BCUT2D eigenvalue weighted by Crippen LogP contribution is 2.43. The van der Waals surface area contributed by atoms with Crippen LogP contribution in [-0.2, 0) is 15.0 Å². The Balaban J connectivity index is 1.43. The summed E-state index contributed by atoms with van der Waals surface area (Å²) in [5, 5.41) is 3.16. The number of nitrogens with one attached hydrogen (secondary N) is 1. The molecule has 3 heterocycles. The molecule has 202 valence electrons. The molecule has 2 aliphatic rings. The second-order valence-electron chi connectivity index (χ2n) is 11.4. The van der Waals surface area contributed by atoms with Gasteiger partial charge in [-0.25, -0.2) is 14.8 Å². The molecule has 2 aromatic heterocycles. The lowest BCUT2D eigenvalue weighted by Crippen LogP contribution is -2.52. The molecule has 0 unspecified atom stereocenters. The average molecular weight is 526 g/mol. The van der Waals surface area contributed by atoms with E-state index in [0.29, 0.717) is 19.0 Å². The number of alkyl carbamates (subject to hydrolysis) is 1. The van der Waals surface area contributed by atoms with Gasteiger partial charge in [0.2, 0.25) is 5.78 Å². The van der Waals surface area contributed by atoms with Gasteiger partial charge in [-0.2, -0.15) is 0 Å². The Hall–Kier alpha value is -3.91. The van der Waals surface area contributed by atoms with Crippen LogP contribution in [-0.4, -0.2) is 52.4 Å². The molecular formula is C31H35N5O3. The molecule has 0 atom stereocenters. The fraction of sp³-hybridized carbons (Fsp3) is 0.387. The number of anilines is 1. The quantitative estimate of drug-likeness (QED) is 0.355. The largest absolute Gasteiger partial charge is 0.444 e. The van der Waals surface area contributed by atoms with Crippen molar-refractivity contribution < 1.29 is 14.3 Å². The van der Waals surface area contributed by atoms with Crippen molar-refractivity contribution in [1.29, 1.82) is 0 Å². The van der Waals surface area contributed by atoms with E-state index in [9.17, 15) is 4.79 Å². The zero-order chi connectivity index (χ0) is 27.0. The maximum Gasteiger partial charge on any atom is 0.408 e. The van der Waals surface area contributed by atoms with Gasteiger partial charge in [0.25, 0.3) is 0 Å². The third kappa shape index (κ3) is 4.96. The van der Waals surface area contributed by atoms with Crippen LogP contribution in [0.15, 0.2) is 67.0 Å². The van der Waals surface area contributed by atoms with Crippen LogP contribution in [0, 0.1) is 0 Å². The van der Waals surface area contributed by atoms with Crippen molar-refractivity contribution in [1.82, 2.24) is 19.7 Å². The molecule has 1 aliphatic heterocycles. The average Bonchev–Trinajstić information content (AvgIpc) is 3.38. The number of hydrogen-bond donors (Lipinski definition) is 1. The minimum Gasteiger partial charge on any atom is -0.444 e. The number of imidazole rings is 1. The van der Waals surface area contributed by atoms with E-state index in [1.807, 2.05) is 33.0 Å². The second kappa shape index (κ2) is 10.0. The normalized spacial score (nSPS) is 17.1. The number of morpholine rings is 1. The number of amides is 1. The summed E-state index contributed by atoms with van der Waals surface area (Å²) in [5.41, 5.74) is 4.20. The number of aromatic nitrogens is 3. The van der Waals surface area contributed by atoms with Crippen LogP contribution in [0.2, 0.25) is 0 Å². The first-order chi connectivity index (χ1) is 18.8. The molecule has 1 amide bonds. The van der Waals surface area contributed by atoms with Crippen molar-refractivity contribution in [3.8, 4) is 22.4 Å². The van der Waals surface area contributed by atoms with Crippen LogP contribution in [0.4, 0.5) is 10.6 Å². The molecule has 8 heteroatoms. The molecule has 4 aromatic rings. The van der Waals surface area contributed by atoms with Gasteiger partial charge in [0.05, 0.1) is 24.4 Å². The van der Waals surface area contributed by atoms with Gasteiger partial charge in [-0.15, -0.1) is 0 Å². The molecule has 2 fully saturated rings. The smallest absolute Gasteiger partial charge is 0.408 e. The maximum absolute atomic E-state index is 12.7. The summed E-state index contributed by atoms with van der Waals surface area (Å²) in [6.07, 6.45) is 6.25. The van der Waals surface area contributed by atoms with Crippen molar-refractivity contribution >= 4 is 17.7 Å². The lowest BCUT2D eigenvalue weighted by Gasteiger charge is -2.43. The van der Waals surface area contributed by atoms with Crippen LogP contribution in [0.3, 0.4) is 0 Å². The molecule has 0 bridgehead atoms. The van der Waals surface area contributed by atoms with Gasteiger partial charge in [0.1, 0.15) is 11.4 Å². The summed E-state index contributed by atoms with van der Waals surface area (Å²) >= 11 is 0. The lowest BCUT2D eigenvalue weighted by molar-refractivity contribution is 0.0377. The van der Waals surface area contributed by atoms with Crippen molar-refractivity contribution in [3.05, 3.63) is 72.6 Å². The van der Waals surface area contributed by atoms with Gasteiger partial charge >= 0.3 is 6.09 Å². The van der Waals surface area contributed by atoms with Crippen LogP contribution < -0.4 is 10.2 Å². The number of benzene rings is 2. The van der Waals surface area contributed by atoms with Crippen molar-refractivity contribution in [2.24, 2.45) is 0 Å². The third-order valence-electron chi connectivity index (χ3n) is 7.55. The van der Waals surface area contributed by atoms with Gasteiger partial charge in [-0.05, 0) is 51.2 Å². The first-order valence-electron chi connectivity index (χ1n) is 13.7. The van der Waals surface area contributed by atoms with Gasteiger partial charge in [-0.3, -0.25) is 4.40 Å². The molecule has 1 saturated carbocycles. The standard InChI is InChI=1S/C31H35N5O3/c1-30(2,3)39-29(37)34-31(14-7-15-31)24-12-10-23(11-13-24)26-25(22-8-5-4-6-9-22)27(35-18-20-38-21-19-35)36-17-16-32-28(36)33-26/h4-6,8-13,16-17H,7,14-15,18-21H2,1-3H3,(H,34,37). The van der Waals surface area contributed by atoms with Crippen LogP contribution >= 0.6 is 0 Å². The monoisotopic (exact) mass is 525 g/mol. The molecule has 1 saturated heterocycles. The van der Waals surface area contributed by atoms with Crippen molar-refractivity contribution in [2.45, 2.75) is 51.2 Å². The second-order valence-corrected chi connectivity index (χ2v) is 11.4. The van der Waals surface area contributed by atoms with Crippen LogP contribution in [0.25, 0.3) is 28.2 Å². The number of carbonyl (C=O) groups excluding carboxylic acids is 1.